The summed E-state index contributed by atoms with van der Waals surface area (Å²) in [6.45, 7) is 7.01. The molecule has 2 rings (SSSR count). The molecule has 0 radical (unpaired) electrons. The normalized spacial score (nSPS) is 10.8. The van der Waals surface area contributed by atoms with Crippen LogP contribution in [0.2, 0.25) is 0 Å². The number of hydrogen-bond donors (Lipinski definition) is 1. The number of pyridine rings is 1. The number of hydrogen-bond acceptors (Lipinski definition) is 3. The molecular weight excluding hydrogens is 212 g/mol. The molecule has 0 spiro atoms. The van der Waals surface area contributed by atoms with Crippen LogP contribution in [0.1, 0.15) is 22.5 Å². The third-order valence-corrected chi connectivity index (χ3v) is 2.91. The Balaban J connectivity index is 2.50. The first-order chi connectivity index (χ1) is 8.13. The van der Waals surface area contributed by atoms with Gasteiger partial charge in [-0.3, -0.25) is 0 Å². The molecule has 0 unspecified atom stereocenters. The number of aromatic nitrogens is 3. The minimum atomic E-state index is 0.837. The largest absolute Gasteiger partial charge is 0.316 e. The highest BCUT2D eigenvalue weighted by Gasteiger charge is 2.12. The lowest BCUT2D eigenvalue weighted by Crippen LogP contribution is -2.07. The van der Waals surface area contributed by atoms with Gasteiger partial charge in [-0.1, -0.05) is 0 Å². The fraction of sp³-hybridized carbons (Fsp3) is 0.385. The Morgan fingerprint density at radius 1 is 1.29 bits per heavy atom. The van der Waals surface area contributed by atoms with Crippen LogP contribution in [-0.4, -0.2) is 21.8 Å². The summed E-state index contributed by atoms with van der Waals surface area (Å²) in [6, 6.07) is 4.03. The van der Waals surface area contributed by atoms with E-state index in [9.17, 15) is 0 Å². The van der Waals surface area contributed by atoms with E-state index in [1.54, 1.807) is 0 Å². The maximum absolute atomic E-state index is 4.55. The fourth-order valence-electron chi connectivity index (χ4n) is 1.97. The van der Waals surface area contributed by atoms with E-state index in [4.69, 9.17) is 0 Å². The third-order valence-electron chi connectivity index (χ3n) is 2.91. The van der Waals surface area contributed by atoms with Crippen LogP contribution in [0.15, 0.2) is 18.3 Å². The van der Waals surface area contributed by atoms with Gasteiger partial charge in [0.15, 0.2) is 5.82 Å². The van der Waals surface area contributed by atoms with Gasteiger partial charge in [-0.05, 0) is 45.5 Å². The van der Waals surface area contributed by atoms with E-state index in [1.165, 1.54) is 11.1 Å². The predicted molar refractivity (Wildman–Crippen MR) is 68.3 cm³/mol. The van der Waals surface area contributed by atoms with Gasteiger partial charge in [-0.25, -0.2) is 9.67 Å². The smallest absolute Gasteiger partial charge is 0.153 e. The molecule has 0 aliphatic rings. The van der Waals surface area contributed by atoms with Gasteiger partial charge in [0.1, 0.15) is 0 Å². The van der Waals surface area contributed by atoms with Crippen molar-refractivity contribution in [2.75, 3.05) is 7.05 Å². The van der Waals surface area contributed by atoms with Crippen LogP contribution >= 0.6 is 0 Å². The Labute approximate surface area is 102 Å². The molecule has 1 N–H and O–H groups in total. The van der Waals surface area contributed by atoms with Crippen molar-refractivity contribution < 1.29 is 0 Å². The monoisotopic (exact) mass is 230 g/mol. The molecule has 17 heavy (non-hydrogen) atoms. The van der Waals surface area contributed by atoms with Crippen molar-refractivity contribution in [2.45, 2.75) is 27.3 Å². The van der Waals surface area contributed by atoms with Gasteiger partial charge < -0.3 is 5.32 Å². The van der Waals surface area contributed by atoms with Gasteiger partial charge in [0.2, 0.25) is 0 Å². The first-order valence-corrected chi connectivity index (χ1v) is 5.76. The van der Waals surface area contributed by atoms with E-state index >= 15 is 0 Å². The van der Waals surface area contributed by atoms with Gasteiger partial charge >= 0.3 is 0 Å². The van der Waals surface area contributed by atoms with E-state index in [0.717, 1.165) is 23.8 Å². The van der Waals surface area contributed by atoms with Crippen LogP contribution in [0.25, 0.3) is 5.82 Å². The molecule has 2 aromatic heterocycles. The summed E-state index contributed by atoms with van der Waals surface area (Å²) < 4.78 is 1.91. The quantitative estimate of drug-likeness (QED) is 0.876. The number of rotatable bonds is 3. The Hall–Kier alpha value is -1.68. The maximum Gasteiger partial charge on any atom is 0.153 e. The van der Waals surface area contributed by atoms with Gasteiger partial charge in [0, 0.05) is 24.0 Å². The zero-order valence-corrected chi connectivity index (χ0v) is 10.8. The number of aryl methyl sites for hydroxylation is 2. The van der Waals surface area contributed by atoms with E-state index in [1.807, 2.05) is 37.0 Å². The lowest BCUT2D eigenvalue weighted by Gasteiger charge is -2.05. The van der Waals surface area contributed by atoms with E-state index in [2.05, 4.69) is 29.2 Å². The standard InChI is InChI=1S/C13H18N4/c1-9-5-6-15-13(7-9)17-11(3)12(8-14-4)10(2)16-17/h5-7,14H,8H2,1-4H3. The Bertz CT molecular complexity index is 528. The lowest BCUT2D eigenvalue weighted by atomic mass is 10.2. The summed E-state index contributed by atoms with van der Waals surface area (Å²) in [5.41, 5.74) is 4.64. The molecule has 0 fully saturated rings. The fourth-order valence-corrected chi connectivity index (χ4v) is 1.97. The summed E-state index contributed by atoms with van der Waals surface area (Å²) in [6.07, 6.45) is 1.82. The summed E-state index contributed by atoms with van der Waals surface area (Å²) in [4.78, 5) is 4.37. The molecule has 0 amide bonds. The predicted octanol–water partition coefficient (Wildman–Crippen LogP) is 1.91. The second-order valence-electron chi connectivity index (χ2n) is 4.28. The first-order valence-electron chi connectivity index (χ1n) is 5.76. The van der Waals surface area contributed by atoms with Crippen molar-refractivity contribution >= 4 is 0 Å². The SMILES string of the molecule is CNCc1c(C)nn(-c2cc(C)ccn2)c1C. The van der Waals surface area contributed by atoms with Crippen molar-refractivity contribution in [3.8, 4) is 5.82 Å². The van der Waals surface area contributed by atoms with Crippen molar-refractivity contribution in [3.05, 3.63) is 40.8 Å². The molecule has 90 valence electrons. The topological polar surface area (TPSA) is 42.7 Å². The Morgan fingerprint density at radius 3 is 2.71 bits per heavy atom. The van der Waals surface area contributed by atoms with Crippen LogP contribution in [0.4, 0.5) is 0 Å². The van der Waals surface area contributed by atoms with Crippen molar-refractivity contribution in [1.29, 1.82) is 0 Å². The second kappa shape index (κ2) is 4.67. The lowest BCUT2D eigenvalue weighted by molar-refractivity contribution is 0.791. The van der Waals surface area contributed by atoms with Crippen molar-refractivity contribution in [1.82, 2.24) is 20.1 Å². The van der Waals surface area contributed by atoms with Crippen LogP contribution in [-0.2, 0) is 6.54 Å². The van der Waals surface area contributed by atoms with E-state index in [0.29, 0.717) is 0 Å². The highest BCUT2D eigenvalue weighted by molar-refractivity contribution is 5.33. The second-order valence-corrected chi connectivity index (χ2v) is 4.28. The molecule has 0 aliphatic heterocycles. The average Bonchev–Trinajstić information content (AvgIpc) is 2.57. The van der Waals surface area contributed by atoms with Crippen molar-refractivity contribution in [2.24, 2.45) is 0 Å². The van der Waals surface area contributed by atoms with E-state index in [-0.39, 0.29) is 0 Å². The van der Waals surface area contributed by atoms with Gasteiger partial charge in [0.25, 0.3) is 0 Å². The summed E-state index contributed by atoms with van der Waals surface area (Å²) >= 11 is 0. The molecule has 2 heterocycles. The zero-order valence-electron chi connectivity index (χ0n) is 10.8. The molecule has 0 aromatic carbocycles. The summed E-state index contributed by atoms with van der Waals surface area (Å²) in [5.74, 6) is 0.882. The van der Waals surface area contributed by atoms with E-state index < -0.39 is 0 Å². The number of nitrogens with one attached hydrogen (secondary N) is 1. The Morgan fingerprint density at radius 2 is 2.06 bits per heavy atom. The van der Waals surface area contributed by atoms with Crippen molar-refractivity contribution in [3.63, 3.8) is 0 Å². The van der Waals surface area contributed by atoms with Crippen LogP contribution < -0.4 is 5.32 Å². The van der Waals surface area contributed by atoms with Gasteiger partial charge in [-0.15, -0.1) is 0 Å². The van der Waals surface area contributed by atoms with Gasteiger partial charge in [-0.2, -0.15) is 5.10 Å². The number of nitrogens with zero attached hydrogens (tertiary/aromatic N) is 3. The van der Waals surface area contributed by atoms with Gasteiger partial charge in [0.05, 0.1) is 5.69 Å². The van der Waals surface area contributed by atoms with Crippen LogP contribution in [0, 0.1) is 20.8 Å². The molecule has 4 nitrogen and oxygen atoms in total. The molecular formula is C13H18N4. The molecule has 0 aliphatic carbocycles. The summed E-state index contributed by atoms with van der Waals surface area (Å²) in [5, 5.41) is 7.72. The highest BCUT2D eigenvalue weighted by Crippen LogP contribution is 2.16. The Kier molecular flexibility index (Phi) is 3.24. The third kappa shape index (κ3) is 2.22. The maximum atomic E-state index is 4.55. The minimum Gasteiger partial charge on any atom is -0.316 e. The minimum absolute atomic E-state index is 0.837. The summed E-state index contributed by atoms with van der Waals surface area (Å²) in [7, 11) is 1.95. The average molecular weight is 230 g/mol. The molecule has 2 aromatic rings. The highest BCUT2D eigenvalue weighted by atomic mass is 15.3. The first kappa shape index (κ1) is 11.8. The van der Waals surface area contributed by atoms with Crippen LogP contribution in [0.5, 0.6) is 0 Å². The zero-order chi connectivity index (χ0) is 12.4. The molecule has 4 heteroatoms. The molecule has 0 bridgehead atoms. The van der Waals surface area contributed by atoms with Crippen LogP contribution in [0.3, 0.4) is 0 Å². The molecule has 0 saturated carbocycles. The molecule has 0 atom stereocenters. The molecule has 0 saturated heterocycles.